The van der Waals surface area contributed by atoms with Crippen molar-refractivity contribution in [1.29, 1.82) is 5.26 Å². The van der Waals surface area contributed by atoms with Gasteiger partial charge in [0.25, 0.3) is 0 Å². The number of rotatable bonds is 2. The summed E-state index contributed by atoms with van der Waals surface area (Å²) in [4.78, 5) is 15.1. The first-order valence-electron chi connectivity index (χ1n) is 5.85. The molecule has 2 rings (SSSR count). The smallest absolute Gasteiger partial charge is 0.221 e. The molecule has 19 heavy (non-hydrogen) atoms. The number of aromatic nitrogens is 1. The molecule has 0 saturated carbocycles. The number of carbonyl (C=O) groups is 1. The van der Waals surface area contributed by atoms with Crippen molar-refractivity contribution in [2.75, 3.05) is 5.32 Å². The Kier molecular flexibility index (Phi) is 3.58. The predicted molar refractivity (Wildman–Crippen MR) is 73.4 cm³/mol. The van der Waals surface area contributed by atoms with Gasteiger partial charge in [-0.1, -0.05) is 6.07 Å². The molecule has 2 aromatic rings. The third kappa shape index (κ3) is 2.96. The van der Waals surface area contributed by atoms with E-state index in [1.807, 2.05) is 25.1 Å². The number of aryl methyl sites for hydroxylation is 1. The number of pyridine rings is 1. The highest BCUT2D eigenvalue weighted by molar-refractivity contribution is 5.89. The van der Waals surface area contributed by atoms with E-state index in [0.29, 0.717) is 11.3 Å². The van der Waals surface area contributed by atoms with E-state index in [1.54, 1.807) is 18.3 Å². The zero-order chi connectivity index (χ0) is 13.8. The van der Waals surface area contributed by atoms with Crippen LogP contribution in [0.2, 0.25) is 0 Å². The second-order valence-electron chi connectivity index (χ2n) is 4.24. The summed E-state index contributed by atoms with van der Waals surface area (Å²) in [5.74, 6) is -0.156. The Balaban J connectivity index is 2.47. The second kappa shape index (κ2) is 5.32. The van der Waals surface area contributed by atoms with E-state index in [9.17, 15) is 10.1 Å². The van der Waals surface area contributed by atoms with Gasteiger partial charge in [-0.3, -0.25) is 9.78 Å². The van der Waals surface area contributed by atoms with Crippen molar-refractivity contribution in [2.45, 2.75) is 13.8 Å². The fraction of sp³-hybridized carbons (Fsp3) is 0.133. The van der Waals surface area contributed by atoms with Gasteiger partial charge in [0.1, 0.15) is 0 Å². The Bertz CT molecular complexity index is 671. The van der Waals surface area contributed by atoms with E-state index in [-0.39, 0.29) is 5.91 Å². The predicted octanol–water partition coefficient (Wildman–Crippen LogP) is 2.89. The van der Waals surface area contributed by atoms with Crippen molar-refractivity contribution in [1.82, 2.24) is 4.98 Å². The number of amides is 1. The number of nitrogens with one attached hydrogen (secondary N) is 1. The van der Waals surface area contributed by atoms with Gasteiger partial charge in [-0.15, -0.1) is 0 Å². The first kappa shape index (κ1) is 12.8. The molecule has 0 aliphatic carbocycles. The number of benzene rings is 1. The third-order valence-electron chi connectivity index (χ3n) is 2.67. The number of hydrogen-bond acceptors (Lipinski definition) is 3. The molecule has 0 bridgehead atoms. The zero-order valence-electron chi connectivity index (χ0n) is 10.8. The van der Waals surface area contributed by atoms with Gasteiger partial charge < -0.3 is 5.32 Å². The molecule has 1 amide bonds. The summed E-state index contributed by atoms with van der Waals surface area (Å²) in [6, 6.07) is 11.2. The fourth-order valence-electron chi connectivity index (χ4n) is 1.88. The Morgan fingerprint density at radius 3 is 2.74 bits per heavy atom. The lowest BCUT2D eigenvalue weighted by atomic mass is 10.00. The highest BCUT2D eigenvalue weighted by atomic mass is 16.1. The normalized spacial score (nSPS) is 9.74. The molecule has 0 spiro atoms. The van der Waals surface area contributed by atoms with Crippen molar-refractivity contribution < 1.29 is 4.79 Å². The minimum atomic E-state index is -0.156. The van der Waals surface area contributed by atoms with Crippen LogP contribution in [0.5, 0.6) is 0 Å². The molecule has 0 fully saturated rings. The average molecular weight is 251 g/mol. The molecule has 1 N–H and O–H groups in total. The summed E-state index contributed by atoms with van der Waals surface area (Å²) in [6.45, 7) is 3.34. The van der Waals surface area contributed by atoms with Crippen LogP contribution in [0.25, 0.3) is 11.1 Å². The van der Waals surface area contributed by atoms with E-state index in [4.69, 9.17) is 0 Å². The number of nitrogens with zero attached hydrogens (tertiary/aromatic N) is 2. The maximum Gasteiger partial charge on any atom is 0.221 e. The Morgan fingerprint density at radius 2 is 2.11 bits per heavy atom. The Hall–Kier alpha value is -2.67. The summed E-state index contributed by atoms with van der Waals surface area (Å²) in [6.07, 6.45) is 1.72. The van der Waals surface area contributed by atoms with Crippen LogP contribution in [0.4, 0.5) is 5.69 Å². The molecule has 94 valence electrons. The molecular weight excluding hydrogens is 238 g/mol. The first-order valence-corrected chi connectivity index (χ1v) is 5.85. The lowest BCUT2D eigenvalue weighted by Gasteiger charge is -2.08. The Labute approximate surface area is 111 Å². The highest BCUT2D eigenvalue weighted by Gasteiger charge is 2.07. The molecular formula is C15H13N3O. The minimum Gasteiger partial charge on any atom is -0.326 e. The summed E-state index contributed by atoms with van der Waals surface area (Å²) in [5.41, 5.74) is 3.82. The van der Waals surface area contributed by atoms with Crippen LogP contribution in [-0.4, -0.2) is 10.9 Å². The molecule has 4 nitrogen and oxygen atoms in total. The van der Waals surface area contributed by atoms with Crippen molar-refractivity contribution in [3.8, 4) is 17.2 Å². The van der Waals surface area contributed by atoms with Crippen molar-refractivity contribution >= 4 is 11.6 Å². The van der Waals surface area contributed by atoms with Crippen LogP contribution in [0.3, 0.4) is 0 Å². The molecule has 0 unspecified atom stereocenters. The third-order valence-corrected chi connectivity index (χ3v) is 2.67. The number of hydrogen-bond donors (Lipinski definition) is 1. The first-order chi connectivity index (χ1) is 9.10. The van der Waals surface area contributed by atoms with Crippen molar-refractivity contribution in [2.24, 2.45) is 0 Å². The average Bonchev–Trinajstić information content (AvgIpc) is 2.37. The van der Waals surface area contributed by atoms with Crippen LogP contribution in [0.15, 0.2) is 36.5 Å². The van der Waals surface area contributed by atoms with Gasteiger partial charge in [-0.05, 0) is 42.3 Å². The second-order valence-corrected chi connectivity index (χ2v) is 4.24. The highest BCUT2D eigenvalue weighted by Crippen LogP contribution is 2.26. The number of anilines is 1. The monoisotopic (exact) mass is 251 g/mol. The zero-order valence-corrected chi connectivity index (χ0v) is 10.8. The molecule has 0 radical (unpaired) electrons. The topological polar surface area (TPSA) is 65.8 Å². The van der Waals surface area contributed by atoms with Crippen LogP contribution in [0.1, 0.15) is 18.2 Å². The van der Waals surface area contributed by atoms with E-state index < -0.39 is 0 Å². The minimum absolute atomic E-state index is 0.156. The maximum atomic E-state index is 11.0. The van der Waals surface area contributed by atoms with Gasteiger partial charge in [0.2, 0.25) is 5.91 Å². The van der Waals surface area contributed by atoms with Gasteiger partial charge in [-0.2, -0.15) is 5.26 Å². The van der Waals surface area contributed by atoms with E-state index in [2.05, 4.69) is 16.4 Å². The van der Waals surface area contributed by atoms with Gasteiger partial charge in [-0.25, -0.2) is 0 Å². The lowest BCUT2D eigenvalue weighted by molar-refractivity contribution is -0.114. The molecule has 0 saturated heterocycles. The summed E-state index contributed by atoms with van der Waals surface area (Å²) in [5, 5.41) is 11.9. The quantitative estimate of drug-likeness (QED) is 0.892. The van der Waals surface area contributed by atoms with Crippen molar-refractivity contribution in [3.63, 3.8) is 0 Å². The summed E-state index contributed by atoms with van der Waals surface area (Å²) >= 11 is 0. The standard InChI is InChI=1S/C15H13N3O/c1-10-7-12(5-6-17-10)15-4-3-14(18-11(2)19)8-13(15)9-16/h3-8H,1-2H3,(H,18,19). The molecule has 0 atom stereocenters. The number of nitriles is 1. The molecule has 1 aromatic carbocycles. The van der Waals surface area contributed by atoms with Gasteiger partial charge in [0, 0.05) is 24.5 Å². The van der Waals surface area contributed by atoms with Gasteiger partial charge >= 0.3 is 0 Å². The van der Waals surface area contributed by atoms with Gasteiger partial charge in [0.15, 0.2) is 0 Å². The lowest BCUT2D eigenvalue weighted by Crippen LogP contribution is -2.05. The fourth-order valence-corrected chi connectivity index (χ4v) is 1.88. The summed E-state index contributed by atoms with van der Waals surface area (Å²) < 4.78 is 0. The van der Waals surface area contributed by atoms with Crippen LogP contribution in [-0.2, 0) is 4.79 Å². The molecule has 1 aromatic heterocycles. The largest absolute Gasteiger partial charge is 0.326 e. The SMILES string of the molecule is CC(=O)Nc1ccc(-c2ccnc(C)c2)c(C#N)c1. The van der Waals surface area contributed by atoms with Gasteiger partial charge in [0.05, 0.1) is 11.6 Å². The van der Waals surface area contributed by atoms with E-state index >= 15 is 0 Å². The van der Waals surface area contributed by atoms with Crippen molar-refractivity contribution in [3.05, 3.63) is 47.8 Å². The molecule has 0 aliphatic heterocycles. The number of carbonyl (C=O) groups excluding carboxylic acids is 1. The van der Waals surface area contributed by atoms with Crippen LogP contribution >= 0.6 is 0 Å². The maximum absolute atomic E-state index is 11.0. The Morgan fingerprint density at radius 1 is 1.32 bits per heavy atom. The molecule has 1 heterocycles. The van der Waals surface area contributed by atoms with E-state index in [1.165, 1.54) is 6.92 Å². The van der Waals surface area contributed by atoms with Crippen LogP contribution in [0, 0.1) is 18.3 Å². The summed E-state index contributed by atoms with van der Waals surface area (Å²) in [7, 11) is 0. The molecule has 0 aliphatic rings. The van der Waals surface area contributed by atoms with E-state index in [0.717, 1.165) is 16.8 Å². The molecule has 4 heteroatoms. The van der Waals surface area contributed by atoms with Crippen LogP contribution < -0.4 is 5.32 Å².